The zero-order valence-corrected chi connectivity index (χ0v) is 11.4. The molecule has 0 aliphatic rings. The summed E-state index contributed by atoms with van der Waals surface area (Å²) in [6, 6.07) is 1.64. The number of methoxy groups -OCH3 is 1. The first-order valence-corrected chi connectivity index (χ1v) is 6.47. The Bertz CT molecular complexity index is 419. The van der Waals surface area contributed by atoms with Crippen molar-refractivity contribution in [3.63, 3.8) is 0 Å². The lowest BCUT2D eigenvalue weighted by molar-refractivity contribution is -0.140. The summed E-state index contributed by atoms with van der Waals surface area (Å²) >= 11 is 1.38. The second kappa shape index (κ2) is 7.05. The van der Waals surface area contributed by atoms with Gasteiger partial charge in [0.15, 0.2) is 5.82 Å². The summed E-state index contributed by atoms with van der Waals surface area (Å²) in [6.07, 6.45) is 0.289. The number of amides is 1. The van der Waals surface area contributed by atoms with E-state index in [1.807, 2.05) is 6.92 Å². The molecule has 0 saturated heterocycles. The number of anilines is 1. The summed E-state index contributed by atoms with van der Waals surface area (Å²) in [7, 11) is 1.35. The van der Waals surface area contributed by atoms with Crippen molar-refractivity contribution >= 4 is 29.5 Å². The first-order chi connectivity index (χ1) is 8.51. The van der Waals surface area contributed by atoms with Gasteiger partial charge in [0, 0.05) is 11.3 Å². The first-order valence-electron chi connectivity index (χ1n) is 5.43. The van der Waals surface area contributed by atoms with E-state index in [1.165, 1.54) is 18.9 Å². The molecule has 0 fully saturated rings. The van der Waals surface area contributed by atoms with Crippen molar-refractivity contribution in [2.75, 3.05) is 18.2 Å². The number of aromatic nitrogens is 1. The van der Waals surface area contributed by atoms with Crippen LogP contribution in [0, 0.1) is 6.92 Å². The van der Waals surface area contributed by atoms with Crippen molar-refractivity contribution in [2.24, 2.45) is 0 Å². The Morgan fingerprint density at radius 2 is 2.33 bits per heavy atom. The van der Waals surface area contributed by atoms with Gasteiger partial charge < -0.3 is 14.6 Å². The number of hydrogen-bond donors (Lipinski definition) is 1. The van der Waals surface area contributed by atoms with Gasteiger partial charge in [-0.1, -0.05) is 12.1 Å². The zero-order valence-electron chi connectivity index (χ0n) is 10.6. The summed E-state index contributed by atoms with van der Waals surface area (Å²) in [5.41, 5.74) is 0. The van der Waals surface area contributed by atoms with E-state index < -0.39 is 0 Å². The minimum atomic E-state index is -0.275. The van der Waals surface area contributed by atoms with Crippen LogP contribution in [0.25, 0.3) is 0 Å². The van der Waals surface area contributed by atoms with Crippen LogP contribution in [0.5, 0.6) is 0 Å². The number of nitrogens with one attached hydrogen (secondary N) is 1. The van der Waals surface area contributed by atoms with Crippen LogP contribution in [-0.4, -0.2) is 35.1 Å². The topological polar surface area (TPSA) is 81.4 Å². The molecule has 1 aromatic rings. The molecule has 1 N–H and O–H groups in total. The summed E-state index contributed by atoms with van der Waals surface area (Å²) in [6.45, 7) is 3.62. The highest BCUT2D eigenvalue weighted by Gasteiger charge is 2.12. The van der Waals surface area contributed by atoms with E-state index in [4.69, 9.17) is 4.52 Å². The molecule has 1 heterocycles. The monoisotopic (exact) mass is 272 g/mol. The van der Waals surface area contributed by atoms with Crippen molar-refractivity contribution in [3.05, 3.63) is 11.8 Å². The van der Waals surface area contributed by atoms with Crippen molar-refractivity contribution in [2.45, 2.75) is 25.5 Å². The maximum Gasteiger partial charge on any atom is 0.306 e. The lowest BCUT2D eigenvalue weighted by Gasteiger charge is -2.08. The molecule has 1 aromatic heterocycles. The predicted octanol–water partition coefficient (Wildman–Crippen LogP) is 1.61. The average molecular weight is 272 g/mol. The lowest BCUT2D eigenvalue weighted by Crippen LogP contribution is -2.17. The summed E-state index contributed by atoms with van der Waals surface area (Å²) < 4.78 is 9.38. The Balaban J connectivity index is 2.26. The van der Waals surface area contributed by atoms with Crippen LogP contribution in [-0.2, 0) is 14.3 Å². The van der Waals surface area contributed by atoms with Crippen molar-refractivity contribution in [3.8, 4) is 0 Å². The van der Waals surface area contributed by atoms with E-state index >= 15 is 0 Å². The minimum Gasteiger partial charge on any atom is -0.469 e. The molecule has 100 valence electrons. The third-order valence-electron chi connectivity index (χ3n) is 2.08. The standard InChI is InChI=1S/C11H16N2O4S/c1-7-4-9(13-17-7)12-10(14)6-18-8(2)5-11(15)16-3/h4,8H,5-6H2,1-3H3,(H,12,13,14). The average Bonchev–Trinajstić information content (AvgIpc) is 2.72. The van der Waals surface area contributed by atoms with Crippen LogP contribution in [0.1, 0.15) is 19.1 Å². The quantitative estimate of drug-likeness (QED) is 0.792. The van der Waals surface area contributed by atoms with Crippen molar-refractivity contribution < 1.29 is 18.8 Å². The summed E-state index contributed by atoms with van der Waals surface area (Å²) in [5, 5.41) is 6.29. The maximum atomic E-state index is 11.6. The van der Waals surface area contributed by atoms with Gasteiger partial charge in [-0.15, -0.1) is 11.8 Å². The molecule has 7 heteroatoms. The molecule has 0 spiro atoms. The number of ether oxygens (including phenoxy) is 1. The molecule has 1 unspecified atom stereocenters. The SMILES string of the molecule is COC(=O)CC(C)SCC(=O)Nc1cc(C)on1. The van der Waals surface area contributed by atoms with Gasteiger partial charge in [0.2, 0.25) is 5.91 Å². The number of nitrogens with zero attached hydrogens (tertiary/aromatic N) is 1. The molecule has 0 bridgehead atoms. The number of carbonyl (C=O) groups is 2. The molecule has 0 aromatic carbocycles. The number of carbonyl (C=O) groups excluding carboxylic acids is 2. The maximum absolute atomic E-state index is 11.6. The Morgan fingerprint density at radius 1 is 1.61 bits per heavy atom. The van der Waals surface area contributed by atoms with Crippen LogP contribution in [0.2, 0.25) is 0 Å². The van der Waals surface area contributed by atoms with Crippen molar-refractivity contribution in [1.82, 2.24) is 5.16 Å². The number of rotatable bonds is 6. The molecule has 0 saturated carbocycles. The van der Waals surface area contributed by atoms with E-state index in [-0.39, 0.29) is 29.3 Å². The fourth-order valence-corrected chi connectivity index (χ4v) is 1.96. The van der Waals surface area contributed by atoms with Gasteiger partial charge in [-0.25, -0.2) is 0 Å². The van der Waals surface area contributed by atoms with E-state index in [0.717, 1.165) is 0 Å². The fourth-order valence-electron chi connectivity index (χ4n) is 1.20. The smallest absolute Gasteiger partial charge is 0.306 e. The van der Waals surface area contributed by atoms with E-state index in [1.54, 1.807) is 13.0 Å². The Hall–Kier alpha value is -1.50. The van der Waals surface area contributed by atoms with Gasteiger partial charge in [0.25, 0.3) is 0 Å². The van der Waals surface area contributed by atoms with E-state index in [9.17, 15) is 9.59 Å². The highest BCUT2D eigenvalue weighted by atomic mass is 32.2. The number of esters is 1. The molecule has 1 amide bonds. The van der Waals surface area contributed by atoms with Crippen LogP contribution in [0.15, 0.2) is 10.6 Å². The molecule has 0 aliphatic heterocycles. The normalized spacial score (nSPS) is 11.9. The molecule has 0 aliphatic carbocycles. The van der Waals surface area contributed by atoms with E-state index in [2.05, 4.69) is 15.2 Å². The number of hydrogen-bond acceptors (Lipinski definition) is 6. The van der Waals surface area contributed by atoms with Gasteiger partial charge in [-0.05, 0) is 6.92 Å². The van der Waals surface area contributed by atoms with Crippen LogP contribution in [0.3, 0.4) is 0 Å². The second-order valence-corrected chi connectivity index (χ2v) is 5.20. The molecule has 1 rings (SSSR count). The van der Waals surface area contributed by atoms with Gasteiger partial charge in [-0.2, -0.15) is 0 Å². The highest BCUT2D eigenvalue weighted by molar-refractivity contribution is 8.00. The van der Waals surface area contributed by atoms with Crippen LogP contribution in [0.4, 0.5) is 5.82 Å². The molecule has 1 atom stereocenters. The Kier molecular flexibility index (Phi) is 5.70. The zero-order chi connectivity index (χ0) is 13.5. The summed E-state index contributed by atoms with van der Waals surface area (Å²) in [5.74, 6) is 0.840. The largest absolute Gasteiger partial charge is 0.469 e. The molecular formula is C11H16N2O4S. The van der Waals surface area contributed by atoms with Crippen molar-refractivity contribution in [1.29, 1.82) is 0 Å². The third-order valence-corrected chi connectivity index (χ3v) is 3.24. The highest BCUT2D eigenvalue weighted by Crippen LogP contribution is 2.15. The molecule has 6 nitrogen and oxygen atoms in total. The van der Waals surface area contributed by atoms with Gasteiger partial charge in [0.1, 0.15) is 5.76 Å². The Labute approximate surface area is 109 Å². The summed E-state index contributed by atoms with van der Waals surface area (Å²) in [4.78, 5) is 22.6. The van der Waals surface area contributed by atoms with Gasteiger partial charge in [-0.3, -0.25) is 9.59 Å². The molecule has 0 radical (unpaired) electrons. The molecular weight excluding hydrogens is 256 g/mol. The third kappa shape index (κ3) is 5.22. The Morgan fingerprint density at radius 3 is 2.89 bits per heavy atom. The second-order valence-electron chi connectivity index (χ2n) is 3.77. The van der Waals surface area contributed by atoms with Gasteiger partial charge >= 0.3 is 5.97 Å². The van der Waals surface area contributed by atoms with Gasteiger partial charge in [0.05, 0.1) is 19.3 Å². The predicted molar refractivity (Wildman–Crippen MR) is 68.4 cm³/mol. The fraction of sp³-hybridized carbons (Fsp3) is 0.545. The van der Waals surface area contributed by atoms with E-state index in [0.29, 0.717) is 11.6 Å². The number of aryl methyl sites for hydroxylation is 1. The van der Waals surface area contributed by atoms with Crippen LogP contribution >= 0.6 is 11.8 Å². The first kappa shape index (κ1) is 14.6. The van der Waals surface area contributed by atoms with Crippen LogP contribution < -0.4 is 5.32 Å². The minimum absolute atomic E-state index is 0.0299. The lowest BCUT2D eigenvalue weighted by atomic mass is 10.3. The molecule has 18 heavy (non-hydrogen) atoms. The number of thioether (sulfide) groups is 1.